The molecule has 0 fully saturated rings. The molecule has 5 nitrogen and oxygen atoms in total. The van der Waals surface area contributed by atoms with Crippen LogP contribution in [-0.2, 0) is 24.4 Å². The number of hydrogen-bond acceptors (Lipinski definition) is 3. The van der Waals surface area contributed by atoms with Crippen LogP contribution >= 0.6 is 11.3 Å². The molecule has 1 aromatic heterocycles. The van der Waals surface area contributed by atoms with Gasteiger partial charge in [-0.1, -0.05) is 73.7 Å². The number of rotatable bonds is 10. The van der Waals surface area contributed by atoms with Crippen molar-refractivity contribution >= 4 is 23.3 Å². The summed E-state index contributed by atoms with van der Waals surface area (Å²) >= 11 is 1.63. The van der Waals surface area contributed by atoms with Crippen molar-refractivity contribution < 1.29 is 9.59 Å². The van der Waals surface area contributed by atoms with Crippen molar-refractivity contribution in [2.24, 2.45) is 0 Å². The number of thiophene rings is 1. The Morgan fingerprint density at radius 3 is 2.13 bits per heavy atom. The van der Waals surface area contributed by atoms with Gasteiger partial charge in [0.25, 0.3) is 0 Å². The molecule has 0 atom stereocenters. The first-order chi connectivity index (χ1) is 15.2. The Morgan fingerprint density at radius 1 is 0.839 bits per heavy atom. The summed E-state index contributed by atoms with van der Waals surface area (Å²) < 4.78 is 0. The van der Waals surface area contributed by atoms with E-state index in [0.29, 0.717) is 26.2 Å². The molecule has 0 bridgehead atoms. The average molecular weight is 436 g/mol. The maximum absolute atomic E-state index is 13.2. The van der Waals surface area contributed by atoms with Crippen molar-refractivity contribution in [1.82, 2.24) is 15.1 Å². The van der Waals surface area contributed by atoms with E-state index in [9.17, 15) is 9.59 Å². The van der Waals surface area contributed by atoms with Crippen LogP contribution < -0.4 is 5.32 Å². The molecule has 31 heavy (non-hydrogen) atoms. The van der Waals surface area contributed by atoms with Crippen molar-refractivity contribution in [1.29, 1.82) is 0 Å². The van der Waals surface area contributed by atoms with Gasteiger partial charge in [0.1, 0.15) is 6.54 Å². The summed E-state index contributed by atoms with van der Waals surface area (Å²) in [6.45, 7) is 4.10. The first-order valence-corrected chi connectivity index (χ1v) is 11.4. The highest BCUT2D eigenvalue weighted by Crippen LogP contribution is 2.15. The van der Waals surface area contributed by atoms with Gasteiger partial charge >= 0.3 is 6.03 Å². The number of nitrogens with zero attached hydrogens (tertiary/aromatic N) is 2. The van der Waals surface area contributed by atoms with Crippen LogP contribution in [0.5, 0.6) is 0 Å². The van der Waals surface area contributed by atoms with Gasteiger partial charge in [-0.15, -0.1) is 11.3 Å². The van der Waals surface area contributed by atoms with Crippen molar-refractivity contribution in [3.8, 4) is 0 Å². The minimum atomic E-state index is -0.213. The number of urea groups is 1. The van der Waals surface area contributed by atoms with E-state index >= 15 is 0 Å². The Hall–Kier alpha value is -3.12. The van der Waals surface area contributed by atoms with Gasteiger partial charge in [-0.25, -0.2) is 4.79 Å². The fraction of sp³-hybridized carbons (Fsp3) is 0.280. The van der Waals surface area contributed by atoms with E-state index < -0.39 is 0 Å². The predicted molar refractivity (Wildman–Crippen MR) is 126 cm³/mol. The molecule has 3 amide bonds. The Bertz CT molecular complexity index is 930. The first-order valence-electron chi connectivity index (χ1n) is 10.6. The lowest BCUT2D eigenvalue weighted by molar-refractivity contribution is -0.133. The molecular formula is C25H29N3O2S. The topological polar surface area (TPSA) is 52.7 Å². The second kappa shape index (κ2) is 11.9. The molecule has 0 radical (unpaired) electrons. The zero-order valence-corrected chi connectivity index (χ0v) is 18.7. The maximum atomic E-state index is 13.2. The summed E-state index contributed by atoms with van der Waals surface area (Å²) in [7, 11) is 0. The second-order valence-electron chi connectivity index (χ2n) is 7.38. The van der Waals surface area contributed by atoms with E-state index in [1.807, 2.05) is 90.0 Å². The van der Waals surface area contributed by atoms with Gasteiger partial charge in [-0.2, -0.15) is 0 Å². The number of benzene rings is 2. The Morgan fingerprint density at radius 2 is 1.52 bits per heavy atom. The predicted octanol–water partition coefficient (Wildman–Crippen LogP) is 4.90. The maximum Gasteiger partial charge on any atom is 0.318 e. The van der Waals surface area contributed by atoms with Gasteiger partial charge < -0.3 is 15.1 Å². The van der Waals surface area contributed by atoms with Crippen LogP contribution in [0, 0.1) is 0 Å². The van der Waals surface area contributed by atoms with E-state index in [2.05, 4.69) is 5.32 Å². The largest absolute Gasteiger partial charge is 0.334 e. The van der Waals surface area contributed by atoms with Crippen LogP contribution in [0.3, 0.4) is 0 Å². The monoisotopic (exact) mass is 435 g/mol. The van der Waals surface area contributed by atoms with Crippen LogP contribution in [0.4, 0.5) is 4.79 Å². The van der Waals surface area contributed by atoms with Crippen molar-refractivity contribution in [3.63, 3.8) is 0 Å². The Labute approximate surface area is 188 Å². The van der Waals surface area contributed by atoms with Crippen LogP contribution in [-0.4, -0.2) is 34.8 Å². The van der Waals surface area contributed by atoms with Crippen molar-refractivity contribution in [2.75, 3.05) is 13.1 Å². The quantitative estimate of drug-likeness (QED) is 0.492. The standard InChI is InChI=1S/C25H29N3O2S/c1-2-15-27(25(30)26-17-21-10-5-3-6-11-21)20-24(29)28(19-23-14-9-16-31-23)18-22-12-7-4-8-13-22/h3-14,16H,2,15,17-20H2,1H3,(H,26,30). The van der Waals surface area contributed by atoms with E-state index in [-0.39, 0.29) is 18.5 Å². The minimum absolute atomic E-state index is 0.0550. The summed E-state index contributed by atoms with van der Waals surface area (Å²) in [6, 6.07) is 23.5. The summed E-state index contributed by atoms with van der Waals surface area (Å²) in [5, 5.41) is 4.96. The van der Waals surface area contributed by atoms with Crippen LogP contribution in [0.2, 0.25) is 0 Å². The first kappa shape index (κ1) is 22.6. The highest BCUT2D eigenvalue weighted by Gasteiger charge is 2.21. The van der Waals surface area contributed by atoms with E-state index in [1.165, 1.54) is 0 Å². The van der Waals surface area contributed by atoms with Gasteiger partial charge in [0, 0.05) is 24.5 Å². The molecule has 162 valence electrons. The highest BCUT2D eigenvalue weighted by atomic mass is 32.1. The number of nitrogens with one attached hydrogen (secondary N) is 1. The van der Waals surface area contributed by atoms with E-state index in [4.69, 9.17) is 0 Å². The zero-order valence-electron chi connectivity index (χ0n) is 17.9. The van der Waals surface area contributed by atoms with Crippen molar-refractivity contribution in [3.05, 3.63) is 94.2 Å². The molecule has 2 aromatic carbocycles. The number of hydrogen-bond donors (Lipinski definition) is 1. The van der Waals surface area contributed by atoms with Crippen molar-refractivity contribution in [2.45, 2.75) is 33.0 Å². The highest BCUT2D eigenvalue weighted by molar-refractivity contribution is 7.09. The minimum Gasteiger partial charge on any atom is -0.334 e. The third-order valence-electron chi connectivity index (χ3n) is 4.89. The summed E-state index contributed by atoms with van der Waals surface area (Å²) in [5.41, 5.74) is 2.10. The molecule has 3 rings (SSSR count). The Balaban J connectivity index is 1.66. The fourth-order valence-electron chi connectivity index (χ4n) is 3.30. The van der Waals surface area contributed by atoms with Gasteiger partial charge in [0.05, 0.1) is 6.54 Å². The fourth-order valence-corrected chi connectivity index (χ4v) is 4.02. The van der Waals surface area contributed by atoms with Gasteiger partial charge in [-0.05, 0) is 29.0 Å². The third-order valence-corrected chi connectivity index (χ3v) is 5.75. The van der Waals surface area contributed by atoms with Crippen LogP contribution in [0.25, 0.3) is 0 Å². The average Bonchev–Trinajstić information content (AvgIpc) is 3.31. The van der Waals surface area contributed by atoms with E-state index in [1.54, 1.807) is 16.2 Å². The zero-order chi connectivity index (χ0) is 21.9. The Kier molecular flexibility index (Phi) is 8.67. The molecule has 0 saturated carbocycles. The molecule has 0 aliphatic rings. The molecule has 0 saturated heterocycles. The van der Waals surface area contributed by atoms with Crippen LogP contribution in [0.15, 0.2) is 78.2 Å². The smallest absolute Gasteiger partial charge is 0.318 e. The molecule has 0 aliphatic carbocycles. The number of carbonyl (C=O) groups is 2. The number of carbonyl (C=O) groups excluding carboxylic acids is 2. The molecule has 0 unspecified atom stereocenters. The summed E-state index contributed by atoms with van der Waals surface area (Å²) in [4.78, 5) is 30.6. The summed E-state index contributed by atoms with van der Waals surface area (Å²) in [6.07, 6.45) is 0.787. The molecule has 1 heterocycles. The molecule has 0 spiro atoms. The van der Waals surface area contributed by atoms with Gasteiger partial charge in [-0.3, -0.25) is 4.79 Å². The SMILES string of the molecule is CCCN(CC(=O)N(Cc1ccccc1)Cc1cccs1)C(=O)NCc1ccccc1. The summed E-state index contributed by atoms with van der Waals surface area (Å²) in [5.74, 6) is -0.0550. The van der Waals surface area contributed by atoms with E-state index in [0.717, 1.165) is 22.4 Å². The van der Waals surface area contributed by atoms with Gasteiger partial charge in [0.2, 0.25) is 5.91 Å². The molecule has 0 aliphatic heterocycles. The lowest BCUT2D eigenvalue weighted by Crippen LogP contribution is -2.46. The third kappa shape index (κ3) is 7.26. The molecule has 1 N–H and O–H groups in total. The second-order valence-corrected chi connectivity index (χ2v) is 8.41. The lowest BCUT2D eigenvalue weighted by Gasteiger charge is -2.27. The molecular weight excluding hydrogens is 406 g/mol. The van der Waals surface area contributed by atoms with Gasteiger partial charge in [0.15, 0.2) is 0 Å². The van der Waals surface area contributed by atoms with Crippen LogP contribution in [0.1, 0.15) is 29.3 Å². The molecule has 6 heteroatoms. The lowest BCUT2D eigenvalue weighted by atomic mass is 10.2. The normalized spacial score (nSPS) is 10.5. The number of amides is 3. The molecule has 3 aromatic rings.